The minimum Gasteiger partial charge on any atom is -0.508 e. The molecule has 140 valence electrons. The third-order valence-electron chi connectivity index (χ3n) is 6.65. The topological polar surface area (TPSA) is 59.5 Å². The number of hydrogen-bond acceptors (Lipinski definition) is 3. The minimum absolute atomic E-state index is 0.215. The van der Waals surface area contributed by atoms with Crippen LogP contribution in [-0.4, -0.2) is 45.8 Å². The lowest BCUT2D eigenvalue weighted by Crippen LogP contribution is -2.65. The summed E-state index contributed by atoms with van der Waals surface area (Å²) in [6.07, 6.45) is 1.91. The number of halogens is 1. The number of benzene rings is 2. The molecule has 1 fully saturated rings. The molecule has 1 aliphatic heterocycles. The first-order valence-corrected chi connectivity index (χ1v) is 9.40. The van der Waals surface area contributed by atoms with Gasteiger partial charge in [-0.15, -0.1) is 0 Å². The van der Waals surface area contributed by atoms with Crippen molar-refractivity contribution in [1.29, 1.82) is 0 Å². The van der Waals surface area contributed by atoms with Crippen molar-refractivity contribution >= 4 is 10.9 Å². The van der Waals surface area contributed by atoms with Gasteiger partial charge in [-0.2, -0.15) is 0 Å². The van der Waals surface area contributed by atoms with Crippen LogP contribution in [0, 0.1) is 5.82 Å². The van der Waals surface area contributed by atoms with Crippen LogP contribution in [-0.2, 0) is 18.3 Å². The van der Waals surface area contributed by atoms with Gasteiger partial charge in [0, 0.05) is 41.4 Å². The first kappa shape index (κ1) is 16.8. The molecule has 0 unspecified atom stereocenters. The first-order valence-electron chi connectivity index (χ1n) is 9.40. The van der Waals surface area contributed by atoms with Crippen LogP contribution in [0.15, 0.2) is 42.5 Å². The Morgan fingerprint density at radius 2 is 2.00 bits per heavy atom. The summed E-state index contributed by atoms with van der Waals surface area (Å²) >= 11 is 0. The summed E-state index contributed by atoms with van der Waals surface area (Å²) in [7, 11) is 2.02. The molecule has 5 heteroatoms. The fraction of sp³-hybridized carbons (Fsp3) is 0.364. The fourth-order valence-corrected chi connectivity index (χ4v) is 5.31. The molecule has 2 atom stereocenters. The summed E-state index contributed by atoms with van der Waals surface area (Å²) in [5.74, 6) is -0.0467. The lowest BCUT2D eigenvalue weighted by molar-refractivity contribution is -0.0972. The minimum atomic E-state index is -0.984. The van der Waals surface area contributed by atoms with E-state index in [4.69, 9.17) is 0 Å². The molecule has 1 aliphatic carbocycles. The largest absolute Gasteiger partial charge is 0.508 e. The van der Waals surface area contributed by atoms with E-state index in [1.165, 1.54) is 6.07 Å². The molecule has 2 aromatic carbocycles. The van der Waals surface area contributed by atoms with Crippen molar-refractivity contribution in [2.45, 2.75) is 30.3 Å². The molecule has 1 saturated heterocycles. The smallest absolute Gasteiger partial charge is 0.123 e. The highest BCUT2D eigenvalue weighted by atomic mass is 19.1. The third-order valence-corrected chi connectivity index (χ3v) is 6.65. The Labute approximate surface area is 157 Å². The number of aromatic hydroxyl groups is 1. The van der Waals surface area contributed by atoms with Crippen LogP contribution in [0.4, 0.5) is 4.39 Å². The van der Waals surface area contributed by atoms with E-state index in [2.05, 4.69) is 9.88 Å². The summed E-state index contributed by atoms with van der Waals surface area (Å²) in [6, 6.07) is 12.1. The van der Waals surface area contributed by atoms with Gasteiger partial charge in [-0.25, -0.2) is 4.39 Å². The summed E-state index contributed by atoms with van der Waals surface area (Å²) in [5, 5.41) is 22.8. The number of β-amino-alcohol motifs (C(OH)–C–C–N with tert-alkyl or cyclic N) is 1. The average Bonchev–Trinajstić information content (AvgIpc) is 2.95. The number of phenolic OH excluding ortho intramolecular Hbond substituents is 1. The normalized spacial score (nSPS) is 28.1. The van der Waals surface area contributed by atoms with Gasteiger partial charge in [0.1, 0.15) is 11.6 Å². The van der Waals surface area contributed by atoms with Crippen LogP contribution >= 0.6 is 0 Å². The zero-order valence-electron chi connectivity index (χ0n) is 15.3. The molecular formula is C22H23FN2O2. The van der Waals surface area contributed by atoms with E-state index in [9.17, 15) is 14.6 Å². The van der Waals surface area contributed by atoms with Gasteiger partial charge in [-0.3, -0.25) is 0 Å². The van der Waals surface area contributed by atoms with Crippen molar-refractivity contribution < 1.29 is 14.6 Å². The SMILES string of the molecule is CN1CC[C@@]2(c3cccc(O)c3)Cc3[nH]c4ccc(F)cc4c3C[C@]2(O)C1. The molecular weight excluding hydrogens is 343 g/mol. The highest BCUT2D eigenvalue weighted by Crippen LogP contribution is 2.51. The highest BCUT2D eigenvalue weighted by Gasteiger charge is 2.57. The number of aromatic amines is 1. The molecule has 1 aromatic heterocycles. The molecule has 0 saturated carbocycles. The molecule has 0 bridgehead atoms. The predicted octanol–water partition coefficient (Wildman–Crippen LogP) is 3.12. The number of aliphatic hydroxyl groups is 1. The number of likely N-dealkylation sites (N-methyl/N-ethyl adjacent to an activating group) is 1. The fourth-order valence-electron chi connectivity index (χ4n) is 5.31. The van der Waals surface area contributed by atoms with Crippen molar-refractivity contribution in [2.75, 3.05) is 20.1 Å². The number of phenols is 1. The molecule has 4 nitrogen and oxygen atoms in total. The first-order chi connectivity index (χ1) is 12.9. The van der Waals surface area contributed by atoms with E-state index in [0.29, 0.717) is 19.4 Å². The highest BCUT2D eigenvalue weighted by molar-refractivity contribution is 5.85. The quantitative estimate of drug-likeness (QED) is 0.620. The Hall–Kier alpha value is -2.37. The number of aromatic nitrogens is 1. The monoisotopic (exact) mass is 366 g/mol. The molecule has 3 aromatic rings. The van der Waals surface area contributed by atoms with Crippen LogP contribution in [0.1, 0.15) is 23.2 Å². The summed E-state index contributed by atoms with van der Waals surface area (Å²) in [6.45, 7) is 1.42. The lowest BCUT2D eigenvalue weighted by atomic mass is 9.56. The maximum absolute atomic E-state index is 13.8. The van der Waals surface area contributed by atoms with Crippen LogP contribution in [0.2, 0.25) is 0 Å². The van der Waals surface area contributed by atoms with Crippen LogP contribution in [0.25, 0.3) is 10.9 Å². The van der Waals surface area contributed by atoms with E-state index >= 15 is 0 Å². The number of likely N-dealkylation sites (tertiary alicyclic amines) is 1. The summed E-state index contributed by atoms with van der Waals surface area (Å²) < 4.78 is 13.8. The Balaban J connectivity index is 1.73. The number of rotatable bonds is 1. The molecule has 2 heterocycles. The van der Waals surface area contributed by atoms with E-state index in [1.807, 2.05) is 19.2 Å². The van der Waals surface area contributed by atoms with Crippen LogP contribution in [0.5, 0.6) is 5.75 Å². The van der Waals surface area contributed by atoms with Gasteiger partial charge in [-0.1, -0.05) is 12.1 Å². The Morgan fingerprint density at radius 1 is 1.15 bits per heavy atom. The Bertz CT molecular complexity index is 1050. The predicted molar refractivity (Wildman–Crippen MR) is 103 cm³/mol. The molecule has 0 spiro atoms. The second-order valence-electron chi connectivity index (χ2n) is 8.28. The maximum atomic E-state index is 13.8. The third kappa shape index (κ3) is 2.35. The number of hydrogen-bond donors (Lipinski definition) is 3. The van der Waals surface area contributed by atoms with Crippen molar-refractivity contribution in [2.24, 2.45) is 0 Å². The number of fused-ring (bicyclic) bond motifs is 4. The zero-order chi connectivity index (χ0) is 18.8. The Morgan fingerprint density at radius 3 is 2.81 bits per heavy atom. The van der Waals surface area contributed by atoms with E-state index in [1.54, 1.807) is 24.3 Å². The Kier molecular flexibility index (Phi) is 3.46. The van der Waals surface area contributed by atoms with Gasteiger partial charge in [0.25, 0.3) is 0 Å². The number of nitrogens with zero attached hydrogens (tertiary/aromatic N) is 1. The van der Waals surface area contributed by atoms with Gasteiger partial charge in [0.2, 0.25) is 0 Å². The van der Waals surface area contributed by atoms with Gasteiger partial charge < -0.3 is 20.1 Å². The summed E-state index contributed by atoms with van der Waals surface area (Å²) in [5.41, 5.74) is 2.48. The van der Waals surface area contributed by atoms with Gasteiger partial charge in [0.05, 0.1) is 5.60 Å². The second-order valence-corrected chi connectivity index (χ2v) is 8.28. The maximum Gasteiger partial charge on any atom is 0.123 e. The van der Waals surface area contributed by atoms with Crippen molar-refractivity contribution in [3.05, 3.63) is 65.1 Å². The number of piperidine rings is 1. The average molecular weight is 366 g/mol. The van der Waals surface area contributed by atoms with Crippen LogP contribution < -0.4 is 0 Å². The van der Waals surface area contributed by atoms with Crippen molar-refractivity contribution in [3.8, 4) is 5.75 Å². The van der Waals surface area contributed by atoms with Gasteiger partial charge in [0.15, 0.2) is 0 Å². The molecule has 3 N–H and O–H groups in total. The molecule has 0 radical (unpaired) electrons. The molecule has 27 heavy (non-hydrogen) atoms. The van der Waals surface area contributed by atoms with Crippen molar-refractivity contribution in [1.82, 2.24) is 9.88 Å². The molecule has 0 amide bonds. The van der Waals surface area contributed by atoms with E-state index < -0.39 is 11.0 Å². The summed E-state index contributed by atoms with van der Waals surface area (Å²) in [4.78, 5) is 5.61. The van der Waals surface area contributed by atoms with Gasteiger partial charge >= 0.3 is 0 Å². The van der Waals surface area contributed by atoms with Crippen LogP contribution in [0.3, 0.4) is 0 Å². The van der Waals surface area contributed by atoms with Crippen molar-refractivity contribution in [3.63, 3.8) is 0 Å². The molecule has 5 rings (SSSR count). The van der Waals surface area contributed by atoms with E-state index in [0.717, 1.165) is 40.7 Å². The number of H-pyrrole nitrogens is 1. The van der Waals surface area contributed by atoms with Gasteiger partial charge in [-0.05, 0) is 61.5 Å². The standard InChI is InChI=1S/C22H23FN2O2/c1-25-8-7-21(14-3-2-4-16(26)9-14)12-20-18(11-22(21,27)13-25)17-10-15(23)5-6-19(17)24-20/h2-6,9-10,24,26-27H,7-8,11-13H2,1H3/t21-,22-/m0/s1. The van der Waals surface area contributed by atoms with E-state index in [-0.39, 0.29) is 11.6 Å². The zero-order valence-corrected chi connectivity index (χ0v) is 15.3. The lowest BCUT2D eigenvalue weighted by Gasteiger charge is -2.55. The molecule has 2 aliphatic rings. The number of nitrogens with one attached hydrogen (secondary N) is 1. The second kappa shape index (κ2) is 5.57.